The number of hydrogen-bond acceptors (Lipinski definition) is 5. The molecule has 1 heterocycles. The Kier molecular flexibility index (Phi) is 7.17. The van der Waals surface area contributed by atoms with Crippen molar-refractivity contribution in [2.75, 3.05) is 39.9 Å². The summed E-state index contributed by atoms with van der Waals surface area (Å²) < 4.78 is 5.23. The smallest absolute Gasteiger partial charge is 0.162 e. The molecule has 5 heteroatoms. The highest BCUT2D eigenvalue weighted by molar-refractivity contribution is 5.45. The van der Waals surface area contributed by atoms with Gasteiger partial charge in [0.25, 0.3) is 0 Å². The summed E-state index contributed by atoms with van der Waals surface area (Å²) in [6, 6.07) is 6.09. The molecule has 1 aliphatic carbocycles. The lowest BCUT2D eigenvalue weighted by molar-refractivity contribution is 0.0397. The van der Waals surface area contributed by atoms with E-state index in [1.54, 1.807) is 13.2 Å². The van der Waals surface area contributed by atoms with Gasteiger partial charge < -0.3 is 14.9 Å². The van der Waals surface area contributed by atoms with Crippen LogP contribution in [-0.4, -0.2) is 66.0 Å². The number of piperazine rings is 1. The molecule has 0 radical (unpaired) electrons. The maximum Gasteiger partial charge on any atom is 0.162 e. The van der Waals surface area contributed by atoms with Gasteiger partial charge in [-0.25, -0.2) is 0 Å². The van der Waals surface area contributed by atoms with E-state index in [1.807, 2.05) is 12.1 Å². The second-order valence-corrected chi connectivity index (χ2v) is 7.87. The van der Waals surface area contributed by atoms with Gasteiger partial charge in [0.2, 0.25) is 0 Å². The first-order chi connectivity index (χ1) is 12.7. The molecular weight excluding hydrogens is 328 g/mol. The second kappa shape index (κ2) is 9.58. The third-order valence-electron chi connectivity index (χ3n) is 6.06. The normalized spacial score (nSPS) is 23.2. The fourth-order valence-corrected chi connectivity index (χ4v) is 4.57. The molecule has 0 aromatic heterocycles. The summed E-state index contributed by atoms with van der Waals surface area (Å²) in [5.41, 5.74) is 0.910. The van der Waals surface area contributed by atoms with Gasteiger partial charge in [-0.05, 0) is 31.2 Å². The Morgan fingerprint density at radius 3 is 2.69 bits per heavy atom. The minimum atomic E-state index is 0.240. The van der Waals surface area contributed by atoms with Gasteiger partial charge >= 0.3 is 0 Å². The number of nitrogens with zero attached hydrogens (tertiary/aromatic N) is 2. The molecule has 2 fully saturated rings. The van der Waals surface area contributed by atoms with Crippen molar-refractivity contribution in [3.05, 3.63) is 23.8 Å². The lowest BCUT2D eigenvalue weighted by Crippen LogP contribution is -2.54. The number of hydrogen-bond donors (Lipinski definition) is 2. The highest BCUT2D eigenvalue weighted by atomic mass is 16.5. The van der Waals surface area contributed by atoms with Crippen molar-refractivity contribution in [1.82, 2.24) is 9.80 Å². The van der Waals surface area contributed by atoms with Crippen LogP contribution >= 0.6 is 0 Å². The molecule has 146 valence electrons. The number of benzene rings is 1. The number of methoxy groups -OCH3 is 1. The van der Waals surface area contributed by atoms with Crippen molar-refractivity contribution in [2.24, 2.45) is 5.92 Å². The predicted molar refractivity (Wildman–Crippen MR) is 104 cm³/mol. The van der Waals surface area contributed by atoms with Crippen molar-refractivity contribution in [2.45, 2.75) is 51.1 Å². The minimum Gasteiger partial charge on any atom is -0.504 e. The van der Waals surface area contributed by atoms with Crippen LogP contribution in [0.2, 0.25) is 0 Å². The Balaban J connectivity index is 1.60. The first kappa shape index (κ1) is 19.5. The van der Waals surface area contributed by atoms with Crippen LogP contribution in [0.25, 0.3) is 0 Å². The Morgan fingerprint density at radius 1 is 1.15 bits per heavy atom. The molecule has 2 aliphatic rings. The van der Waals surface area contributed by atoms with Crippen molar-refractivity contribution < 1.29 is 14.9 Å². The van der Waals surface area contributed by atoms with Crippen LogP contribution in [0.1, 0.15) is 44.1 Å². The van der Waals surface area contributed by atoms with Crippen LogP contribution in [0.3, 0.4) is 0 Å². The molecule has 2 N–H and O–H groups in total. The van der Waals surface area contributed by atoms with E-state index in [0.717, 1.165) is 44.1 Å². The molecular formula is C21H34N2O3. The number of phenols is 1. The van der Waals surface area contributed by atoms with Gasteiger partial charge in [0.1, 0.15) is 0 Å². The van der Waals surface area contributed by atoms with E-state index < -0.39 is 0 Å². The number of phenolic OH excluding ortho intramolecular Hbond substituents is 1. The standard InChI is InChI=1S/C21H34N2O3/c1-26-20-9-5-8-18(21(20)25)15-22-11-12-23(19(16-22)10-13-24)14-17-6-3-2-4-7-17/h5,8-9,17,19,24-25H,2-4,6-7,10-16H2,1H3. The summed E-state index contributed by atoms with van der Waals surface area (Å²) in [7, 11) is 1.58. The second-order valence-electron chi connectivity index (χ2n) is 7.87. The van der Waals surface area contributed by atoms with Gasteiger partial charge in [0.15, 0.2) is 11.5 Å². The maximum absolute atomic E-state index is 10.4. The fourth-order valence-electron chi connectivity index (χ4n) is 4.57. The molecule has 1 aromatic rings. The molecule has 0 amide bonds. The van der Waals surface area contributed by atoms with E-state index in [1.165, 1.54) is 38.6 Å². The van der Waals surface area contributed by atoms with Crippen molar-refractivity contribution in [3.63, 3.8) is 0 Å². The molecule has 1 unspecified atom stereocenters. The van der Waals surface area contributed by atoms with Crippen LogP contribution in [0.15, 0.2) is 18.2 Å². The number of aromatic hydroxyl groups is 1. The fraction of sp³-hybridized carbons (Fsp3) is 0.714. The number of rotatable bonds is 7. The monoisotopic (exact) mass is 362 g/mol. The van der Waals surface area contributed by atoms with Gasteiger partial charge in [0.05, 0.1) is 7.11 Å². The maximum atomic E-state index is 10.4. The minimum absolute atomic E-state index is 0.240. The molecule has 0 bridgehead atoms. The highest BCUT2D eigenvalue weighted by Crippen LogP contribution is 2.31. The zero-order valence-electron chi connectivity index (χ0n) is 16.1. The summed E-state index contributed by atoms with van der Waals surface area (Å²) >= 11 is 0. The largest absolute Gasteiger partial charge is 0.504 e. The third kappa shape index (κ3) is 4.90. The van der Waals surface area contributed by atoms with Crippen LogP contribution in [0.5, 0.6) is 11.5 Å². The summed E-state index contributed by atoms with van der Waals surface area (Å²) in [5, 5.41) is 19.9. The summed E-state index contributed by atoms with van der Waals surface area (Å²) in [6.45, 7) is 5.15. The topological polar surface area (TPSA) is 56.2 Å². The molecule has 1 saturated heterocycles. The van der Waals surface area contributed by atoms with E-state index in [-0.39, 0.29) is 12.4 Å². The molecule has 1 saturated carbocycles. The zero-order chi connectivity index (χ0) is 18.4. The van der Waals surface area contributed by atoms with Crippen molar-refractivity contribution in [3.8, 4) is 11.5 Å². The molecule has 5 nitrogen and oxygen atoms in total. The van der Waals surface area contributed by atoms with Crippen LogP contribution in [0, 0.1) is 5.92 Å². The van der Waals surface area contributed by atoms with E-state index >= 15 is 0 Å². The van der Waals surface area contributed by atoms with Gasteiger partial charge in [-0.2, -0.15) is 0 Å². The van der Waals surface area contributed by atoms with Gasteiger partial charge in [-0.1, -0.05) is 31.4 Å². The van der Waals surface area contributed by atoms with Gasteiger partial charge in [-0.3, -0.25) is 9.80 Å². The molecule has 1 atom stereocenters. The average molecular weight is 363 g/mol. The quantitative estimate of drug-likeness (QED) is 0.781. The molecule has 1 aromatic carbocycles. The number of ether oxygens (including phenoxy) is 1. The van der Waals surface area contributed by atoms with E-state index in [2.05, 4.69) is 9.80 Å². The molecule has 0 spiro atoms. The van der Waals surface area contributed by atoms with Crippen LogP contribution in [-0.2, 0) is 6.54 Å². The lowest BCUT2D eigenvalue weighted by atomic mass is 9.88. The number of aliphatic hydroxyl groups excluding tert-OH is 1. The summed E-state index contributed by atoms with van der Waals surface area (Å²) in [5.74, 6) is 1.61. The van der Waals surface area contributed by atoms with Gasteiger partial charge in [-0.15, -0.1) is 0 Å². The SMILES string of the molecule is COc1cccc(CN2CCN(CC3CCCCC3)C(CCO)C2)c1O. The van der Waals surface area contributed by atoms with Crippen molar-refractivity contribution in [1.29, 1.82) is 0 Å². The molecule has 26 heavy (non-hydrogen) atoms. The lowest BCUT2D eigenvalue weighted by Gasteiger charge is -2.43. The van der Waals surface area contributed by atoms with E-state index in [9.17, 15) is 10.2 Å². The molecule has 1 aliphatic heterocycles. The Bertz CT molecular complexity index is 560. The zero-order valence-corrected chi connectivity index (χ0v) is 16.1. The van der Waals surface area contributed by atoms with Gasteiger partial charge in [0, 0.05) is 50.9 Å². The summed E-state index contributed by atoms with van der Waals surface area (Å²) in [4.78, 5) is 5.00. The Hall–Kier alpha value is -1.30. The predicted octanol–water partition coefficient (Wildman–Crippen LogP) is 2.85. The summed E-state index contributed by atoms with van der Waals surface area (Å²) in [6.07, 6.45) is 7.71. The average Bonchev–Trinajstić information content (AvgIpc) is 2.66. The van der Waals surface area contributed by atoms with E-state index in [0.29, 0.717) is 11.8 Å². The third-order valence-corrected chi connectivity index (χ3v) is 6.06. The van der Waals surface area contributed by atoms with E-state index in [4.69, 9.17) is 4.74 Å². The molecule has 3 rings (SSSR count). The number of aliphatic hydroxyl groups is 1. The first-order valence-electron chi connectivity index (χ1n) is 10.1. The highest BCUT2D eigenvalue weighted by Gasteiger charge is 2.29. The van der Waals surface area contributed by atoms with Crippen molar-refractivity contribution >= 4 is 0 Å². The Morgan fingerprint density at radius 2 is 1.96 bits per heavy atom. The number of para-hydroxylation sites is 1. The first-order valence-corrected chi connectivity index (χ1v) is 10.1. The van der Waals surface area contributed by atoms with Crippen LogP contribution < -0.4 is 4.74 Å². The Labute approximate surface area is 157 Å². The van der Waals surface area contributed by atoms with Crippen LogP contribution in [0.4, 0.5) is 0 Å².